The molecule has 66 heavy (non-hydrogen) atoms. The number of nitriles is 2. The van der Waals surface area contributed by atoms with Gasteiger partial charge in [-0.25, -0.2) is 28.7 Å². The fourth-order valence-electron chi connectivity index (χ4n) is 5.93. The number of anilines is 2. The summed E-state index contributed by atoms with van der Waals surface area (Å²) in [6, 6.07) is 12.6. The first kappa shape index (κ1) is 56.6. The molecule has 0 spiro atoms. The van der Waals surface area contributed by atoms with Gasteiger partial charge in [0.1, 0.15) is 46.3 Å². The van der Waals surface area contributed by atoms with E-state index in [-0.39, 0.29) is 85.5 Å². The molecule has 2 atom stereocenters. The van der Waals surface area contributed by atoms with E-state index in [1.807, 2.05) is 7.05 Å². The Morgan fingerprint density at radius 3 is 2.24 bits per heavy atom. The fraction of sp³-hybridized carbons (Fsp3) is 0.310. The molecule has 2 bridgehead atoms. The Bertz CT molecular complexity index is 2710. The molecule has 7 rings (SSSR count). The summed E-state index contributed by atoms with van der Waals surface area (Å²) in [6.45, 7) is 6.17. The number of aliphatic hydroxyl groups excluding tert-OH is 1. The number of benzene rings is 2. The Kier molecular flexibility index (Phi) is 22.2. The van der Waals surface area contributed by atoms with Crippen LogP contribution >= 0.6 is 66.9 Å². The molecule has 0 fully saturated rings. The maximum Gasteiger partial charge on any atom is 0.258 e. The molecule has 1 amide bonds. The number of amides is 1. The molecular weight excluding hydrogens is 1120 g/mol. The first-order valence-electron chi connectivity index (χ1n) is 19.0. The number of carbonyl (C=O) groups is 1. The van der Waals surface area contributed by atoms with E-state index in [4.69, 9.17) is 31.3 Å². The number of ether oxygens (including phenoxy) is 2. The zero-order chi connectivity index (χ0) is 47.4. The van der Waals surface area contributed by atoms with Gasteiger partial charge in [-0.3, -0.25) is 14.2 Å². The molecule has 5 heterocycles. The van der Waals surface area contributed by atoms with Crippen LogP contribution in [0.15, 0.2) is 57.9 Å². The van der Waals surface area contributed by atoms with Crippen molar-refractivity contribution in [3.8, 4) is 35.2 Å². The van der Waals surface area contributed by atoms with Gasteiger partial charge in [0, 0.05) is 54.6 Å². The molecule has 1 aliphatic rings. The number of aryl methyl sites for hydroxylation is 2. The number of halogens is 6. The number of hydrogen-bond donors (Lipinski definition) is 4. The quantitative estimate of drug-likeness (QED) is 0.120. The number of nitrogen functional groups attached to an aromatic ring is 2. The highest BCUT2D eigenvalue weighted by molar-refractivity contribution is 14.1. The SMILES string of the molecule is C.CC(Oc1nc(Br)cnc1N)c1cc(F)ccc1I.CC1Oc2nc(cnc2N)-c2c(nn(C)c2C#N)CN(C)C(=O)c2ccc(F)cc21.CCO.CNCc1nn(C)c(C#N)c1Br.Cl. The van der Waals surface area contributed by atoms with Crippen LogP contribution in [0.2, 0.25) is 0 Å². The molecule has 0 radical (unpaired) electrons. The summed E-state index contributed by atoms with van der Waals surface area (Å²) in [5.74, 6) is -0.657. The summed E-state index contributed by atoms with van der Waals surface area (Å²) >= 11 is 8.64. The molecule has 2 unspecified atom stereocenters. The molecular formula is C42H48Br2ClF2IN14O4. The van der Waals surface area contributed by atoms with Crippen LogP contribution in [0.25, 0.3) is 11.3 Å². The number of rotatable bonds is 5. The van der Waals surface area contributed by atoms with Gasteiger partial charge in [-0.1, -0.05) is 7.43 Å². The molecule has 6 N–H and O–H groups in total. The third kappa shape index (κ3) is 14.0. The van der Waals surface area contributed by atoms with Gasteiger partial charge in [0.25, 0.3) is 17.7 Å². The minimum Gasteiger partial charge on any atom is -0.467 e. The third-order valence-corrected chi connectivity index (χ3v) is 11.1. The highest BCUT2D eigenvalue weighted by Gasteiger charge is 2.28. The van der Waals surface area contributed by atoms with Crippen LogP contribution in [0.3, 0.4) is 0 Å². The van der Waals surface area contributed by atoms with Crippen molar-refractivity contribution < 1.29 is 28.2 Å². The van der Waals surface area contributed by atoms with Crippen molar-refractivity contribution in [2.75, 3.05) is 32.2 Å². The minimum absolute atomic E-state index is 0. The Morgan fingerprint density at radius 2 is 1.62 bits per heavy atom. The average molecular weight is 1170 g/mol. The fourth-order valence-corrected chi connectivity index (χ4v) is 7.54. The van der Waals surface area contributed by atoms with Crippen molar-refractivity contribution >= 4 is 84.4 Å². The van der Waals surface area contributed by atoms with Crippen LogP contribution in [0, 0.1) is 37.9 Å². The average Bonchev–Trinajstić information content (AvgIpc) is 3.72. The predicted molar refractivity (Wildman–Crippen MR) is 262 cm³/mol. The van der Waals surface area contributed by atoms with Crippen LogP contribution in [-0.2, 0) is 27.2 Å². The summed E-state index contributed by atoms with van der Waals surface area (Å²) in [5, 5.41) is 37.4. The number of hydrogen-bond acceptors (Lipinski definition) is 15. The lowest BCUT2D eigenvalue weighted by Crippen LogP contribution is -2.28. The van der Waals surface area contributed by atoms with Crippen LogP contribution < -0.4 is 26.3 Å². The topological polar surface area (TPSA) is 258 Å². The molecule has 352 valence electrons. The summed E-state index contributed by atoms with van der Waals surface area (Å²) in [6.07, 6.45) is 1.80. The Hall–Kier alpha value is -5.57. The van der Waals surface area contributed by atoms with E-state index in [0.717, 1.165) is 19.3 Å². The lowest BCUT2D eigenvalue weighted by Gasteiger charge is -2.23. The first-order chi connectivity index (χ1) is 30.4. The van der Waals surface area contributed by atoms with Gasteiger partial charge in [0.15, 0.2) is 17.3 Å². The number of aromatic nitrogens is 8. The van der Waals surface area contributed by atoms with Gasteiger partial charge in [-0.05, 0) is 119 Å². The number of nitrogens with one attached hydrogen (secondary N) is 1. The molecule has 0 aliphatic carbocycles. The highest BCUT2D eigenvalue weighted by Crippen LogP contribution is 2.34. The monoisotopic (exact) mass is 1170 g/mol. The van der Waals surface area contributed by atoms with E-state index in [1.165, 1.54) is 52.3 Å². The maximum atomic E-state index is 14.0. The van der Waals surface area contributed by atoms with Crippen molar-refractivity contribution in [3.63, 3.8) is 0 Å². The normalized spacial score (nSPS) is 12.8. The van der Waals surface area contributed by atoms with Crippen molar-refractivity contribution in [1.29, 1.82) is 10.5 Å². The zero-order valence-electron chi connectivity index (χ0n) is 35.9. The van der Waals surface area contributed by atoms with Crippen LogP contribution in [-0.4, -0.2) is 76.1 Å². The summed E-state index contributed by atoms with van der Waals surface area (Å²) < 4.78 is 44.0. The lowest BCUT2D eigenvalue weighted by atomic mass is 10.0. The third-order valence-electron chi connectivity index (χ3n) is 8.88. The molecule has 0 saturated heterocycles. The van der Waals surface area contributed by atoms with E-state index in [1.54, 1.807) is 52.7 Å². The van der Waals surface area contributed by atoms with Gasteiger partial charge in [0.2, 0.25) is 0 Å². The molecule has 24 heteroatoms. The number of fused-ring (bicyclic) bond motifs is 5. The number of carbonyl (C=O) groups excluding carboxylic acids is 1. The highest BCUT2D eigenvalue weighted by atomic mass is 127. The van der Waals surface area contributed by atoms with E-state index >= 15 is 0 Å². The van der Waals surface area contributed by atoms with E-state index in [9.17, 15) is 18.8 Å². The van der Waals surface area contributed by atoms with E-state index in [2.05, 4.69) is 102 Å². The van der Waals surface area contributed by atoms with Gasteiger partial charge < -0.3 is 36.3 Å². The molecule has 6 aromatic rings. The molecule has 0 saturated carbocycles. The van der Waals surface area contributed by atoms with Gasteiger partial charge in [-0.2, -0.15) is 20.7 Å². The van der Waals surface area contributed by atoms with Crippen molar-refractivity contribution in [2.45, 2.75) is 53.5 Å². The van der Waals surface area contributed by atoms with Gasteiger partial charge in [0.05, 0.1) is 46.1 Å². The molecule has 1 aliphatic heterocycles. The van der Waals surface area contributed by atoms with Gasteiger partial charge in [-0.15, -0.1) is 12.4 Å². The zero-order valence-corrected chi connectivity index (χ0v) is 42.1. The Morgan fingerprint density at radius 1 is 1.02 bits per heavy atom. The number of nitrogens with zero attached hydrogens (tertiary/aromatic N) is 11. The molecule has 4 aromatic heterocycles. The number of aliphatic hydroxyl groups is 1. The molecule has 2 aromatic carbocycles. The minimum atomic E-state index is -0.733. The number of nitrogens with two attached hydrogens (primary N) is 2. The van der Waals surface area contributed by atoms with Crippen molar-refractivity contribution in [2.24, 2.45) is 14.1 Å². The first-order valence-corrected chi connectivity index (χ1v) is 21.6. The summed E-state index contributed by atoms with van der Waals surface area (Å²) in [7, 11) is 6.83. The standard InChI is InChI=1S/C20H18FN7O2.C12H10BrFIN3O.C7H9BrN4.C2H6O.CH4.ClH/c1-10-13-6-11(21)4-5-12(13)20(29)27(2)9-15-17(16(7-22)28(3)26-15)14-8-24-18(23)19(25-14)30-10;1-6(8-4-7(14)2-3-9(8)15)19-12-11(16)17-5-10(13)18-12;1-10-4-5-7(8)6(3-9)12(2)11-5;1-2-3;;/h4-6,8,10H,9H2,1-3H3,(H2,23,24);2-6H,1H3,(H2,16,17);10H,4H2,1-2H3;3H,2H2,1H3;1H4;1H. The summed E-state index contributed by atoms with van der Waals surface area (Å²) in [4.78, 5) is 31.2. The van der Waals surface area contributed by atoms with Crippen LogP contribution in [0.1, 0.15) is 84.7 Å². The second kappa shape index (κ2) is 25.9. The Balaban J connectivity index is 0.000000356. The van der Waals surface area contributed by atoms with E-state index in [0.29, 0.717) is 39.4 Å². The second-order valence-corrected chi connectivity index (χ2v) is 16.3. The molecule has 18 nitrogen and oxygen atoms in total. The summed E-state index contributed by atoms with van der Waals surface area (Å²) in [5.41, 5.74) is 15.9. The lowest BCUT2D eigenvalue weighted by molar-refractivity contribution is 0.0778. The van der Waals surface area contributed by atoms with Crippen LogP contribution in [0.5, 0.6) is 11.8 Å². The van der Waals surface area contributed by atoms with Crippen LogP contribution in [0.4, 0.5) is 20.4 Å². The largest absolute Gasteiger partial charge is 0.467 e. The smallest absolute Gasteiger partial charge is 0.258 e. The predicted octanol–water partition coefficient (Wildman–Crippen LogP) is 7.73. The maximum absolute atomic E-state index is 14.0. The van der Waals surface area contributed by atoms with E-state index < -0.39 is 11.9 Å². The Labute approximate surface area is 417 Å². The van der Waals surface area contributed by atoms with Crippen molar-refractivity contribution in [3.05, 3.63) is 113 Å². The van der Waals surface area contributed by atoms with Gasteiger partial charge >= 0.3 is 0 Å². The van der Waals surface area contributed by atoms with Crippen molar-refractivity contribution in [1.82, 2.24) is 49.7 Å². The second-order valence-electron chi connectivity index (χ2n) is 13.5.